The summed E-state index contributed by atoms with van der Waals surface area (Å²) in [6, 6.07) is -0.281. The number of rotatable bonds is 3. The molecule has 1 fully saturated rings. The Balaban J connectivity index is 2.41. The number of hydrogen-bond donors (Lipinski definition) is 2. The summed E-state index contributed by atoms with van der Waals surface area (Å²) >= 11 is 3.98. The Labute approximate surface area is 70.3 Å². The highest BCUT2D eigenvalue weighted by atomic mass is 32.1. The first-order chi connectivity index (χ1) is 5.25. The lowest BCUT2D eigenvalue weighted by atomic mass is 10.4. The largest absolute Gasteiger partial charge is 0.329 e. The minimum Gasteiger partial charge on any atom is -0.329 e. The molecule has 0 saturated carbocycles. The molecule has 1 rings (SSSR count). The van der Waals surface area contributed by atoms with Crippen molar-refractivity contribution in [2.75, 3.05) is 18.8 Å². The maximum absolute atomic E-state index is 10.9. The molecular formula is C6H10N2O2S. The van der Waals surface area contributed by atoms with Crippen LogP contribution in [0, 0.1) is 0 Å². The summed E-state index contributed by atoms with van der Waals surface area (Å²) in [4.78, 5) is 23.0. The predicted octanol–water partition coefficient (Wildman–Crippen LogP) is -0.142. The van der Waals surface area contributed by atoms with Gasteiger partial charge in [0, 0.05) is 6.54 Å². The number of thiol groups is 1. The van der Waals surface area contributed by atoms with Crippen molar-refractivity contribution >= 4 is 24.6 Å². The number of hydrogen-bond acceptors (Lipinski definition) is 3. The van der Waals surface area contributed by atoms with Gasteiger partial charge in [0.1, 0.15) is 0 Å². The van der Waals surface area contributed by atoms with Crippen LogP contribution in [0.25, 0.3) is 0 Å². The number of amides is 3. The highest BCUT2D eigenvalue weighted by molar-refractivity contribution is 7.80. The maximum atomic E-state index is 10.9. The van der Waals surface area contributed by atoms with E-state index in [2.05, 4.69) is 17.9 Å². The molecule has 11 heavy (non-hydrogen) atoms. The van der Waals surface area contributed by atoms with Crippen molar-refractivity contribution in [1.82, 2.24) is 10.2 Å². The van der Waals surface area contributed by atoms with Gasteiger partial charge in [-0.2, -0.15) is 12.6 Å². The van der Waals surface area contributed by atoms with Crippen LogP contribution in [-0.4, -0.2) is 35.7 Å². The zero-order valence-corrected chi connectivity index (χ0v) is 6.93. The van der Waals surface area contributed by atoms with Crippen LogP contribution >= 0.6 is 12.6 Å². The number of carbonyl (C=O) groups excluding carboxylic acids is 2. The predicted molar refractivity (Wildman–Crippen MR) is 43.6 cm³/mol. The van der Waals surface area contributed by atoms with Crippen molar-refractivity contribution in [2.45, 2.75) is 6.42 Å². The topological polar surface area (TPSA) is 49.4 Å². The number of imide groups is 1. The van der Waals surface area contributed by atoms with Gasteiger partial charge in [0.05, 0.1) is 6.54 Å². The first-order valence-corrected chi connectivity index (χ1v) is 4.08. The van der Waals surface area contributed by atoms with Gasteiger partial charge in [-0.1, -0.05) is 0 Å². The molecule has 0 atom stereocenters. The lowest BCUT2D eigenvalue weighted by Crippen LogP contribution is -2.31. The van der Waals surface area contributed by atoms with E-state index in [0.29, 0.717) is 12.3 Å². The second-order valence-corrected chi connectivity index (χ2v) is 2.73. The SMILES string of the molecule is O=C1CNC(=O)N1CCCS. The highest BCUT2D eigenvalue weighted by Gasteiger charge is 2.27. The summed E-state index contributed by atoms with van der Waals surface area (Å²) < 4.78 is 0. The molecule has 1 aliphatic heterocycles. The van der Waals surface area contributed by atoms with Crippen LogP contribution in [0.4, 0.5) is 4.79 Å². The molecule has 1 saturated heterocycles. The van der Waals surface area contributed by atoms with Gasteiger partial charge < -0.3 is 5.32 Å². The molecule has 1 N–H and O–H groups in total. The first kappa shape index (κ1) is 8.39. The minimum atomic E-state index is -0.281. The van der Waals surface area contributed by atoms with Crippen LogP contribution < -0.4 is 5.32 Å². The van der Waals surface area contributed by atoms with Crippen molar-refractivity contribution in [2.24, 2.45) is 0 Å². The van der Waals surface area contributed by atoms with Crippen molar-refractivity contribution in [3.05, 3.63) is 0 Å². The summed E-state index contributed by atoms with van der Waals surface area (Å²) in [6.45, 7) is 0.625. The van der Waals surface area contributed by atoms with E-state index in [-0.39, 0.29) is 18.5 Å². The molecule has 5 heteroatoms. The molecule has 0 aromatic rings. The third kappa shape index (κ3) is 1.86. The summed E-state index contributed by atoms with van der Waals surface area (Å²) in [5.41, 5.74) is 0. The Morgan fingerprint density at radius 3 is 2.73 bits per heavy atom. The zero-order valence-electron chi connectivity index (χ0n) is 6.04. The average Bonchev–Trinajstić information content (AvgIpc) is 2.29. The van der Waals surface area contributed by atoms with Crippen LogP contribution in [-0.2, 0) is 4.79 Å². The third-order valence-corrected chi connectivity index (χ3v) is 1.79. The van der Waals surface area contributed by atoms with Crippen LogP contribution in [0.2, 0.25) is 0 Å². The first-order valence-electron chi connectivity index (χ1n) is 3.45. The van der Waals surface area contributed by atoms with Gasteiger partial charge in [-0.05, 0) is 12.2 Å². The van der Waals surface area contributed by atoms with E-state index < -0.39 is 0 Å². The Kier molecular flexibility index (Phi) is 2.76. The van der Waals surface area contributed by atoms with Gasteiger partial charge in [0.25, 0.3) is 0 Å². The van der Waals surface area contributed by atoms with E-state index in [1.54, 1.807) is 0 Å². The Morgan fingerprint density at radius 1 is 1.55 bits per heavy atom. The van der Waals surface area contributed by atoms with E-state index >= 15 is 0 Å². The summed E-state index contributed by atoms with van der Waals surface area (Å²) in [5.74, 6) is 0.550. The van der Waals surface area contributed by atoms with E-state index in [9.17, 15) is 9.59 Å². The quantitative estimate of drug-likeness (QED) is 0.462. The monoisotopic (exact) mass is 174 g/mol. The van der Waals surface area contributed by atoms with Crippen LogP contribution in [0.5, 0.6) is 0 Å². The number of carbonyl (C=O) groups is 2. The molecule has 0 aromatic heterocycles. The van der Waals surface area contributed by atoms with E-state index in [1.165, 1.54) is 4.90 Å². The van der Waals surface area contributed by atoms with Crippen LogP contribution in [0.3, 0.4) is 0 Å². The summed E-state index contributed by atoms with van der Waals surface area (Å²) in [5, 5.41) is 2.44. The van der Waals surface area contributed by atoms with E-state index in [0.717, 1.165) is 6.42 Å². The molecular weight excluding hydrogens is 164 g/mol. The van der Waals surface area contributed by atoms with E-state index in [1.807, 2.05) is 0 Å². The Hall–Kier alpha value is -0.710. The van der Waals surface area contributed by atoms with Gasteiger partial charge in [0.15, 0.2) is 0 Å². The van der Waals surface area contributed by atoms with Gasteiger partial charge >= 0.3 is 6.03 Å². The number of nitrogens with one attached hydrogen (secondary N) is 1. The molecule has 0 spiro atoms. The smallest absolute Gasteiger partial charge is 0.324 e. The Morgan fingerprint density at radius 2 is 2.27 bits per heavy atom. The fraction of sp³-hybridized carbons (Fsp3) is 0.667. The molecule has 0 aliphatic carbocycles. The molecule has 0 radical (unpaired) electrons. The average molecular weight is 174 g/mol. The number of nitrogens with zero attached hydrogens (tertiary/aromatic N) is 1. The lowest BCUT2D eigenvalue weighted by molar-refractivity contribution is -0.124. The van der Waals surface area contributed by atoms with Gasteiger partial charge in [0.2, 0.25) is 5.91 Å². The maximum Gasteiger partial charge on any atom is 0.324 e. The van der Waals surface area contributed by atoms with Crippen molar-refractivity contribution < 1.29 is 9.59 Å². The fourth-order valence-corrected chi connectivity index (χ4v) is 1.05. The summed E-state index contributed by atoms with van der Waals surface area (Å²) in [6.07, 6.45) is 0.752. The van der Waals surface area contributed by atoms with Crippen molar-refractivity contribution in [1.29, 1.82) is 0 Å². The molecule has 4 nitrogen and oxygen atoms in total. The minimum absolute atomic E-state index is 0.142. The lowest BCUT2D eigenvalue weighted by Gasteiger charge is -2.09. The normalized spacial score (nSPS) is 17.4. The number of urea groups is 1. The van der Waals surface area contributed by atoms with Crippen molar-refractivity contribution in [3.63, 3.8) is 0 Å². The summed E-state index contributed by atoms with van der Waals surface area (Å²) in [7, 11) is 0. The zero-order chi connectivity index (χ0) is 8.27. The molecule has 3 amide bonds. The highest BCUT2D eigenvalue weighted by Crippen LogP contribution is 2.00. The third-order valence-electron chi connectivity index (χ3n) is 1.48. The fourth-order valence-electron chi connectivity index (χ4n) is 0.910. The van der Waals surface area contributed by atoms with Gasteiger partial charge in [-0.25, -0.2) is 4.79 Å². The molecule has 0 unspecified atom stereocenters. The van der Waals surface area contributed by atoms with Crippen molar-refractivity contribution in [3.8, 4) is 0 Å². The van der Waals surface area contributed by atoms with Crippen LogP contribution in [0.15, 0.2) is 0 Å². The molecule has 1 aliphatic rings. The molecule has 1 heterocycles. The molecule has 0 aromatic carbocycles. The Bertz CT molecular complexity index is 167. The molecule has 0 bridgehead atoms. The van der Waals surface area contributed by atoms with E-state index in [4.69, 9.17) is 0 Å². The second-order valence-electron chi connectivity index (χ2n) is 2.28. The molecule has 62 valence electrons. The standard InChI is InChI=1S/C6H10N2O2S/c9-5-4-7-6(10)8(5)2-1-3-11/h11H,1-4H2,(H,7,10). The van der Waals surface area contributed by atoms with Gasteiger partial charge in [-0.15, -0.1) is 0 Å². The second kappa shape index (κ2) is 3.61. The van der Waals surface area contributed by atoms with Gasteiger partial charge in [-0.3, -0.25) is 9.69 Å². The van der Waals surface area contributed by atoms with Crippen LogP contribution in [0.1, 0.15) is 6.42 Å².